The zero-order valence-electron chi connectivity index (χ0n) is 6.12. The minimum atomic E-state index is -4.41. The molecule has 0 fully saturated rings. The number of benzene rings is 1. The van der Waals surface area contributed by atoms with Crippen LogP contribution in [-0.4, -0.2) is 0 Å². The molecule has 0 aliphatic carbocycles. The Morgan fingerprint density at radius 1 is 1.31 bits per heavy atom. The van der Waals surface area contributed by atoms with Crippen LogP contribution in [0.3, 0.4) is 0 Å². The van der Waals surface area contributed by atoms with Gasteiger partial charge in [-0.05, 0) is 34.7 Å². The van der Waals surface area contributed by atoms with Gasteiger partial charge < -0.3 is 5.73 Å². The predicted octanol–water partition coefficient (Wildman–Crippen LogP) is 3.55. The molecule has 72 valence electrons. The molecule has 0 aliphatic heterocycles. The highest BCUT2D eigenvalue weighted by Gasteiger charge is 2.34. The van der Waals surface area contributed by atoms with E-state index in [-0.39, 0.29) is 14.3 Å². The molecular formula is C7H4ClF3IN. The summed E-state index contributed by atoms with van der Waals surface area (Å²) >= 11 is 7.08. The van der Waals surface area contributed by atoms with Crippen molar-refractivity contribution in [3.8, 4) is 0 Å². The van der Waals surface area contributed by atoms with Gasteiger partial charge in [0.05, 0.1) is 10.6 Å². The van der Waals surface area contributed by atoms with Crippen molar-refractivity contribution in [2.45, 2.75) is 6.18 Å². The lowest BCUT2D eigenvalue weighted by Crippen LogP contribution is -2.08. The Labute approximate surface area is 91.2 Å². The van der Waals surface area contributed by atoms with Crippen LogP contribution >= 0.6 is 34.2 Å². The number of halogens is 5. The molecule has 0 unspecified atom stereocenters. The molecule has 0 aromatic heterocycles. The Kier molecular flexibility index (Phi) is 2.96. The lowest BCUT2D eigenvalue weighted by Gasteiger charge is -2.10. The average molecular weight is 321 g/mol. The molecule has 2 N–H and O–H groups in total. The van der Waals surface area contributed by atoms with Crippen molar-refractivity contribution in [3.63, 3.8) is 0 Å². The Hall–Kier alpha value is -0.170. The third-order valence-electron chi connectivity index (χ3n) is 1.36. The Morgan fingerprint density at radius 2 is 1.85 bits per heavy atom. The molecule has 0 bridgehead atoms. The maximum Gasteiger partial charge on any atom is 0.417 e. The monoisotopic (exact) mass is 321 g/mol. The van der Waals surface area contributed by atoms with E-state index in [4.69, 9.17) is 17.3 Å². The zero-order chi connectivity index (χ0) is 10.2. The van der Waals surface area contributed by atoms with Gasteiger partial charge in [-0.3, -0.25) is 0 Å². The van der Waals surface area contributed by atoms with Crippen LogP contribution in [0.15, 0.2) is 12.1 Å². The molecule has 0 amide bonds. The van der Waals surface area contributed by atoms with Gasteiger partial charge in [-0.15, -0.1) is 0 Å². The molecule has 0 heterocycles. The first-order valence-electron chi connectivity index (χ1n) is 3.14. The largest absolute Gasteiger partial charge is 0.417 e. The van der Waals surface area contributed by atoms with Crippen LogP contribution in [0.5, 0.6) is 0 Å². The second-order valence-electron chi connectivity index (χ2n) is 2.36. The van der Waals surface area contributed by atoms with E-state index in [2.05, 4.69) is 0 Å². The molecule has 0 radical (unpaired) electrons. The molecule has 0 aliphatic rings. The molecule has 1 nitrogen and oxygen atoms in total. The summed E-state index contributed by atoms with van der Waals surface area (Å²) in [6, 6.07) is 2.16. The minimum Gasteiger partial charge on any atom is -0.399 e. The maximum absolute atomic E-state index is 12.3. The lowest BCUT2D eigenvalue weighted by atomic mass is 10.2. The van der Waals surface area contributed by atoms with Crippen molar-refractivity contribution in [1.82, 2.24) is 0 Å². The number of rotatable bonds is 0. The molecule has 1 aromatic rings. The second kappa shape index (κ2) is 3.53. The quantitative estimate of drug-likeness (QED) is 0.574. The highest BCUT2D eigenvalue weighted by molar-refractivity contribution is 14.1. The molecule has 0 saturated heterocycles. The van der Waals surface area contributed by atoms with Crippen molar-refractivity contribution < 1.29 is 13.2 Å². The lowest BCUT2D eigenvalue weighted by molar-refractivity contribution is -0.138. The van der Waals surface area contributed by atoms with Crippen LogP contribution in [0.1, 0.15) is 5.56 Å². The van der Waals surface area contributed by atoms with Gasteiger partial charge in [0.1, 0.15) is 0 Å². The maximum atomic E-state index is 12.3. The zero-order valence-corrected chi connectivity index (χ0v) is 9.04. The van der Waals surface area contributed by atoms with Gasteiger partial charge in [0.15, 0.2) is 0 Å². The number of hydrogen-bond acceptors (Lipinski definition) is 1. The van der Waals surface area contributed by atoms with Gasteiger partial charge in [-0.1, -0.05) is 11.6 Å². The van der Waals surface area contributed by atoms with Crippen molar-refractivity contribution in [1.29, 1.82) is 0 Å². The van der Waals surface area contributed by atoms with Gasteiger partial charge >= 0.3 is 6.18 Å². The van der Waals surface area contributed by atoms with Crippen LogP contribution in [0.4, 0.5) is 18.9 Å². The highest BCUT2D eigenvalue weighted by Crippen LogP contribution is 2.37. The van der Waals surface area contributed by atoms with Crippen LogP contribution in [0.2, 0.25) is 5.02 Å². The van der Waals surface area contributed by atoms with Gasteiger partial charge in [0.25, 0.3) is 0 Å². The van der Waals surface area contributed by atoms with Crippen LogP contribution < -0.4 is 5.73 Å². The minimum absolute atomic E-state index is 0.0118. The van der Waals surface area contributed by atoms with Crippen LogP contribution in [0, 0.1) is 3.57 Å². The summed E-state index contributed by atoms with van der Waals surface area (Å²) in [6.07, 6.45) is -4.41. The van der Waals surface area contributed by atoms with Crippen LogP contribution in [0.25, 0.3) is 0 Å². The van der Waals surface area contributed by atoms with E-state index < -0.39 is 11.7 Å². The number of alkyl halides is 3. The third kappa shape index (κ3) is 2.40. The standard InChI is InChI=1S/C7H4ClF3IN/c8-5-2-3(13)1-4(6(5)12)7(9,10)11/h1-2H,13H2. The number of nitrogen functional groups attached to an aromatic ring is 1. The van der Waals surface area contributed by atoms with Gasteiger partial charge in [0, 0.05) is 9.26 Å². The van der Waals surface area contributed by atoms with Gasteiger partial charge in [0.2, 0.25) is 0 Å². The summed E-state index contributed by atoms with van der Waals surface area (Å²) in [7, 11) is 0. The molecule has 13 heavy (non-hydrogen) atoms. The molecule has 6 heteroatoms. The number of hydrogen-bond donors (Lipinski definition) is 1. The first kappa shape index (κ1) is 10.9. The second-order valence-corrected chi connectivity index (χ2v) is 3.85. The third-order valence-corrected chi connectivity index (χ3v) is 3.14. The topological polar surface area (TPSA) is 26.0 Å². The van der Waals surface area contributed by atoms with E-state index in [0.717, 1.165) is 6.07 Å². The van der Waals surface area contributed by atoms with E-state index in [1.807, 2.05) is 0 Å². The molecular weight excluding hydrogens is 317 g/mol. The van der Waals surface area contributed by atoms with E-state index >= 15 is 0 Å². The van der Waals surface area contributed by atoms with E-state index in [1.54, 1.807) is 0 Å². The summed E-state index contributed by atoms with van der Waals surface area (Å²) in [6.45, 7) is 0. The SMILES string of the molecule is Nc1cc(Cl)c(I)c(C(F)(F)F)c1. The Bertz CT molecular complexity index is 337. The van der Waals surface area contributed by atoms with Crippen molar-refractivity contribution in [3.05, 3.63) is 26.3 Å². The fraction of sp³-hybridized carbons (Fsp3) is 0.143. The fourth-order valence-corrected chi connectivity index (χ4v) is 1.66. The van der Waals surface area contributed by atoms with Crippen LogP contribution in [-0.2, 0) is 6.18 Å². The first-order valence-corrected chi connectivity index (χ1v) is 4.60. The molecule has 0 spiro atoms. The van der Waals surface area contributed by atoms with Crippen molar-refractivity contribution >= 4 is 39.9 Å². The van der Waals surface area contributed by atoms with Crippen molar-refractivity contribution in [2.75, 3.05) is 5.73 Å². The summed E-state index contributed by atoms with van der Waals surface area (Å²) in [5.74, 6) is 0. The molecule has 1 rings (SSSR count). The van der Waals surface area contributed by atoms with E-state index in [0.29, 0.717) is 0 Å². The number of nitrogens with two attached hydrogens (primary N) is 1. The van der Waals surface area contributed by atoms with Crippen molar-refractivity contribution in [2.24, 2.45) is 0 Å². The van der Waals surface area contributed by atoms with Gasteiger partial charge in [-0.25, -0.2) is 0 Å². The fourth-order valence-electron chi connectivity index (χ4n) is 0.816. The molecule has 0 saturated carbocycles. The smallest absolute Gasteiger partial charge is 0.399 e. The summed E-state index contributed by atoms with van der Waals surface area (Å²) in [4.78, 5) is 0. The summed E-state index contributed by atoms with van der Waals surface area (Å²) < 4.78 is 36.8. The summed E-state index contributed by atoms with van der Waals surface area (Å²) in [5.41, 5.74) is 4.46. The first-order chi connectivity index (χ1) is 5.82. The average Bonchev–Trinajstić information content (AvgIpc) is 1.94. The Morgan fingerprint density at radius 3 is 2.31 bits per heavy atom. The number of anilines is 1. The van der Waals surface area contributed by atoms with E-state index in [9.17, 15) is 13.2 Å². The molecule has 1 aromatic carbocycles. The highest BCUT2D eigenvalue weighted by atomic mass is 127. The normalized spacial score (nSPS) is 11.8. The van der Waals surface area contributed by atoms with Gasteiger partial charge in [-0.2, -0.15) is 13.2 Å². The predicted molar refractivity (Wildman–Crippen MR) is 53.6 cm³/mol. The Balaban J connectivity index is 3.37. The van der Waals surface area contributed by atoms with E-state index in [1.165, 1.54) is 28.7 Å². The summed E-state index contributed by atoms with van der Waals surface area (Å²) in [5, 5.41) is 0.0212. The molecule has 0 atom stereocenters.